The third-order valence-corrected chi connectivity index (χ3v) is 4.43. The summed E-state index contributed by atoms with van der Waals surface area (Å²) >= 11 is 0. The molecule has 1 aliphatic rings. The fraction of sp³-hybridized carbons (Fsp3) is 0.143. The van der Waals surface area contributed by atoms with Gasteiger partial charge in [-0.2, -0.15) is 18.3 Å². The van der Waals surface area contributed by atoms with E-state index in [1.807, 2.05) is 42.5 Å². The quantitative estimate of drug-likeness (QED) is 0.550. The first-order valence-electron chi connectivity index (χ1n) is 8.55. The number of amidine groups is 1. The molecule has 1 heterocycles. The van der Waals surface area contributed by atoms with Gasteiger partial charge in [0.1, 0.15) is 0 Å². The maximum atomic E-state index is 12.9. The van der Waals surface area contributed by atoms with Gasteiger partial charge in [0.05, 0.1) is 11.3 Å². The highest BCUT2D eigenvalue weighted by atomic mass is 19.4. The molecule has 0 fully saturated rings. The SMILES string of the molecule is FC(F)(F)c1cccc(N2CCC(N=Cc3cccc4ccccc34)=N2)c1. The third kappa shape index (κ3) is 3.69. The van der Waals surface area contributed by atoms with Gasteiger partial charge in [-0.05, 0) is 29.0 Å². The van der Waals surface area contributed by atoms with E-state index in [0.717, 1.165) is 28.5 Å². The molecule has 1 aliphatic heterocycles. The molecule has 0 N–H and O–H groups in total. The first kappa shape index (κ1) is 17.3. The second-order valence-electron chi connectivity index (χ2n) is 6.26. The zero-order valence-corrected chi connectivity index (χ0v) is 14.3. The van der Waals surface area contributed by atoms with Crippen molar-refractivity contribution in [1.29, 1.82) is 0 Å². The van der Waals surface area contributed by atoms with Gasteiger partial charge < -0.3 is 0 Å². The number of fused-ring (bicyclic) bond motifs is 1. The lowest BCUT2D eigenvalue weighted by Crippen LogP contribution is -2.13. The van der Waals surface area contributed by atoms with Crippen molar-refractivity contribution in [1.82, 2.24) is 0 Å². The monoisotopic (exact) mass is 367 g/mol. The van der Waals surface area contributed by atoms with Crippen LogP contribution in [-0.2, 0) is 6.18 Å². The van der Waals surface area contributed by atoms with Crippen LogP contribution in [0.15, 0.2) is 76.8 Å². The summed E-state index contributed by atoms with van der Waals surface area (Å²) in [6, 6.07) is 19.2. The van der Waals surface area contributed by atoms with Gasteiger partial charge >= 0.3 is 6.18 Å². The first-order valence-corrected chi connectivity index (χ1v) is 8.55. The van der Waals surface area contributed by atoms with Crippen molar-refractivity contribution in [2.75, 3.05) is 11.6 Å². The summed E-state index contributed by atoms with van der Waals surface area (Å²) in [5.74, 6) is 0.598. The first-order chi connectivity index (χ1) is 13.0. The van der Waals surface area contributed by atoms with Crippen molar-refractivity contribution in [3.05, 3.63) is 77.9 Å². The summed E-state index contributed by atoms with van der Waals surface area (Å²) in [7, 11) is 0. The van der Waals surface area contributed by atoms with Gasteiger partial charge in [0.15, 0.2) is 5.84 Å². The van der Waals surface area contributed by atoms with Crippen LogP contribution in [0.5, 0.6) is 0 Å². The summed E-state index contributed by atoms with van der Waals surface area (Å²) in [5.41, 5.74) is 0.719. The fourth-order valence-corrected chi connectivity index (χ4v) is 3.07. The molecule has 0 aliphatic carbocycles. The smallest absolute Gasteiger partial charge is 0.263 e. The van der Waals surface area contributed by atoms with Crippen LogP contribution in [0, 0.1) is 0 Å². The van der Waals surface area contributed by atoms with Crippen LogP contribution in [0.3, 0.4) is 0 Å². The van der Waals surface area contributed by atoms with E-state index in [1.54, 1.807) is 17.3 Å². The van der Waals surface area contributed by atoms with Crippen molar-refractivity contribution in [3.63, 3.8) is 0 Å². The summed E-state index contributed by atoms with van der Waals surface area (Å²) in [6.45, 7) is 0.503. The molecule has 0 unspecified atom stereocenters. The molecule has 0 amide bonds. The van der Waals surface area contributed by atoms with Gasteiger partial charge in [0, 0.05) is 24.7 Å². The second-order valence-corrected chi connectivity index (χ2v) is 6.26. The van der Waals surface area contributed by atoms with Gasteiger partial charge in [-0.1, -0.05) is 48.5 Å². The Hall–Kier alpha value is -3.15. The van der Waals surface area contributed by atoms with Gasteiger partial charge in [-0.3, -0.25) is 5.01 Å². The summed E-state index contributed by atoms with van der Waals surface area (Å²) in [4.78, 5) is 4.45. The minimum absolute atomic E-state index is 0.417. The van der Waals surface area contributed by atoms with Crippen LogP contribution in [0.4, 0.5) is 18.9 Å². The Morgan fingerprint density at radius 3 is 2.59 bits per heavy atom. The Morgan fingerprint density at radius 2 is 1.74 bits per heavy atom. The Morgan fingerprint density at radius 1 is 0.963 bits per heavy atom. The van der Waals surface area contributed by atoms with E-state index in [0.29, 0.717) is 24.5 Å². The van der Waals surface area contributed by atoms with Crippen LogP contribution in [0.25, 0.3) is 10.8 Å². The number of alkyl halides is 3. The Balaban J connectivity index is 1.57. The molecule has 0 saturated heterocycles. The molecule has 3 aromatic rings. The van der Waals surface area contributed by atoms with Gasteiger partial charge in [-0.25, -0.2) is 4.99 Å². The van der Waals surface area contributed by atoms with Crippen LogP contribution < -0.4 is 5.01 Å². The summed E-state index contributed by atoms with van der Waals surface area (Å²) in [6.07, 6.45) is -2.02. The highest BCUT2D eigenvalue weighted by Gasteiger charge is 2.31. The lowest BCUT2D eigenvalue weighted by Gasteiger charge is -2.15. The van der Waals surface area contributed by atoms with Crippen molar-refractivity contribution >= 4 is 28.5 Å². The number of hydrogen-bond acceptors (Lipinski definition) is 3. The lowest BCUT2D eigenvalue weighted by atomic mass is 10.1. The Labute approximate surface area is 154 Å². The van der Waals surface area contributed by atoms with Crippen molar-refractivity contribution in [2.24, 2.45) is 10.1 Å². The van der Waals surface area contributed by atoms with E-state index < -0.39 is 11.7 Å². The van der Waals surface area contributed by atoms with E-state index in [9.17, 15) is 13.2 Å². The number of anilines is 1. The highest BCUT2D eigenvalue weighted by Crippen LogP contribution is 2.32. The molecule has 3 aromatic carbocycles. The number of benzene rings is 3. The summed E-state index contributed by atoms with van der Waals surface area (Å²) in [5, 5.41) is 8.14. The van der Waals surface area contributed by atoms with Crippen LogP contribution >= 0.6 is 0 Å². The Kier molecular flexibility index (Phi) is 4.39. The van der Waals surface area contributed by atoms with E-state index in [1.165, 1.54) is 6.07 Å². The molecule has 0 spiro atoms. The number of hydrazone groups is 1. The van der Waals surface area contributed by atoms with E-state index in [-0.39, 0.29) is 0 Å². The van der Waals surface area contributed by atoms with Gasteiger partial charge in [-0.15, -0.1) is 0 Å². The molecule has 0 saturated carbocycles. The summed E-state index contributed by atoms with van der Waals surface area (Å²) < 4.78 is 38.7. The molecule has 6 heteroatoms. The minimum Gasteiger partial charge on any atom is -0.263 e. The number of hydrogen-bond donors (Lipinski definition) is 0. The minimum atomic E-state index is -4.37. The van der Waals surface area contributed by atoms with Crippen LogP contribution in [0.1, 0.15) is 17.5 Å². The molecule has 3 nitrogen and oxygen atoms in total. The average molecular weight is 367 g/mol. The van der Waals surface area contributed by atoms with Crippen LogP contribution in [-0.4, -0.2) is 18.6 Å². The van der Waals surface area contributed by atoms with E-state index in [2.05, 4.69) is 10.1 Å². The number of rotatable bonds is 2. The molecular weight excluding hydrogens is 351 g/mol. The predicted octanol–water partition coefficient (Wildman–Crippen LogP) is 5.50. The maximum absolute atomic E-state index is 12.9. The van der Waals surface area contributed by atoms with Crippen LogP contribution in [0.2, 0.25) is 0 Å². The third-order valence-electron chi connectivity index (χ3n) is 4.43. The normalized spacial score (nSPS) is 14.9. The maximum Gasteiger partial charge on any atom is 0.416 e. The van der Waals surface area contributed by atoms with Crippen molar-refractivity contribution in [3.8, 4) is 0 Å². The van der Waals surface area contributed by atoms with E-state index >= 15 is 0 Å². The average Bonchev–Trinajstić information content (AvgIpc) is 3.15. The molecule has 0 radical (unpaired) electrons. The molecule has 27 heavy (non-hydrogen) atoms. The standard InChI is InChI=1S/C21H16F3N3/c22-21(23,24)17-8-4-9-18(13-17)27-12-11-20(26-27)25-14-16-7-3-6-15-5-1-2-10-19(15)16/h1-10,13-14H,11-12H2. The fourth-order valence-electron chi connectivity index (χ4n) is 3.07. The lowest BCUT2D eigenvalue weighted by molar-refractivity contribution is -0.137. The highest BCUT2D eigenvalue weighted by molar-refractivity contribution is 6.04. The largest absolute Gasteiger partial charge is 0.416 e. The Bertz CT molecular complexity index is 1030. The topological polar surface area (TPSA) is 28.0 Å². The predicted molar refractivity (Wildman–Crippen MR) is 102 cm³/mol. The molecule has 136 valence electrons. The number of halogens is 3. The molecule has 0 atom stereocenters. The second kappa shape index (κ2) is 6.87. The molecule has 0 bridgehead atoms. The van der Waals surface area contributed by atoms with E-state index in [4.69, 9.17) is 0 Å². The van der Waals surface area contributed by atoms with Gasteiger partial charge in [0.2, 0.25) is 0 Å². The molecule has 4 rings (SSSR count). The number of nitrogens with zero attached hydrogens (tertiary/aromatic N) is 3. The molecular formula is C21H16F3N3. The zero-order valence-electron chi connectivity index (χ0n) is 14.3. The zero-order chi connectivity index (χ0) is 18.9. The van der Waals surface area contributed by atoms with Crippen molar-refractivity contribution < 1.29 is 13.2 Å². The number of aliphatic imine (C=N–C) groups is 1. The van der Waals surface area contributed by atoms with Gasteiger partial charge in [0.25, 0.3) is 0 Å². The molecule has 0 aromatic heterocycles. The van der Waals surface area contributed by atoms with Crippen molar-refractivity contribution in [2.45, 2.75) is 12.6 Å².